The minimum absolute atomic E-state index is 0.0650. The Morgan fingerprint density at radius 3 is 2.69 bits per heavy atom. The summed E-state index contributed by atoms with van der Waals surface area (Å²) >= 11 is 6.00. The van der Waals surface area contributed by atoms with Crippen LogP contribution in [0.2, 0.25) is 5.02 Å². The molecule has 0 saturated carbocycles. The number of methoxy groups -OCH3 is 1. The first-order valence-electron chi connectivity index (χ1n) is 5.04. The second kappa shape index (κ2) is 5.09. The molecule has 1 aromatic carbocycles. The summed E-state index contributed by atoms with van der Waals surface area (Å²) in [6.45, 7) is 3.68. The molecule has 0 spiro atoms. The molecule has 0 amide bonds. The van der Waals surface area contributed by atoms with Crippen LogP contribution in [0.4, 0.5) is 0 Å². The SMILES string of the molecule is CCc1cc(C(C)C#N)c(O)c(Cl)c1OC. The summed E-state index contributed by atoms with van der Waals surface area (Å²) in [6, 6.07) is 3.85. The molecule has 0 aliphatic carbocycles. The lowest BCUT2D eigenvalue weighted by Gasteiger charge is -2.15. The predicted molar refractivity (Wildman–Crippen MR) is 63.1 cm³/mol. The van der Waals surface area contributed by atoms with E-state index in [0.717, 1.165) is 12.0 Å². The molecule has 0 bridgehead atoms. The van der Waals surface area contributed by atoms with E-state index in [1.807, 2.05) is 6.92 Å². The number of phenols is 1. The number of benzene rings is 1. The van der Waals surface area contributed by atoms with Gasteiger partial charge in [0.2, 0.25) is 0 Å². The van der Waals surface area contributed by atoms with Crippen LogP contribution in [0, 0.1) is 11.3 Å². The van der Waals surface area contributed by atoms with Crippen LogP contribution in [0.25, 0.3) is 0 Å². The number of aromatic hydroxyl groups is 1. The predicted octanol–water partition coefficient (Wildman–Crippen LogP) is 3.24. The second-order valence-corrected chi connectivity index (χ2v) is 3.90. The molecule has 0 saturated heterocycles. The molecule has 1 rings (SSSR count). The average Bonchev–Trinajstić information content (AvgIpc) is 2.31. The van der Waals surface area contributed by atoms with Crippen LogP contribution >= 0.6 is 11.6 Å². The van der Waals surface area contributed by atoms with E-state index in [0.29, 0.717) is 11.3 Å². The summed E-state index contributed by atoms with van der Waals surface area (Å²) in [5.74, 6) is 0.0222. The summed E-state index contributed by atoms with van der Waals surface area (Å²) in [6.07, 6.45) is 0.730. The van der Waals surface area contributed by atoms with Crippen LogP contribution in [0.15, 0.2) is 6.07 Å². The van der Waals surface area contributed by atoms with Gasteiger partial charge in [0, 0.05) is 5.56 Å². The summed E-state index contributed by atoms with van der Waals surface area (Å²) < 4.78 is 5.14. The van der Waals surface area contributed by atoms with Gasteiger partial charge in [-0.1, -0.05) is 18.5 Å². The first-order chi connectivity index (χ1) is 7.56. The molecule has 0 fully saturated rings. The lowest BCUT2D eigenvalue weighted by Crippen LogP contribution is -1.98. The zero-order chi connectivity index (χ0) is 12.3. The van der Waals surface area contributed by atoms with Gasteiger partial charge in [0.25, 0.3) is 0 Å². The number of hydrogen-bond acceptors (Lipinski definition) is 3. The van der Waals surface area contributed by atoms with Gasteiger partial charge in [-0.25, -0.2) is 0 Å². The van der Waals surface area contributed by atoms with Crippen molar-refractivity contribution in [2.45, 2.75) is 26.2 Å². The Hall–Kier alpha value is -1.40. The standard InChI is InChI=1S/C12H14ClNO2/c1-4-8-5-9(7(2)6-14)11(15)10(13)12(8)16-3/h5,7,15H,4H2,1-3H3. The summed E-state index contributed by atoms with van der Waals surface area (Å²) in [4.78, 5) is 0. The van der Waals surface area contributed by atoms with Gasteiger partial charge in [0.15, 0.2) is 0 Å². The Bertz CT molecular complexity index is 438. The van der Waals surface area contributed by atoms with Crippen LogP contribution < -0.4 is 4.74 Å². The number of halogens is 1. The van der Waals surface area contributed by atoms with E-state index in [4.69, 9.17) is 21.6 Å². The maximum Gasteiger partial charge on any atom is 0.144 e. The number of rotatable bonds is 3. The molecule has 86 valence electrons. The molecule has 4 heteroatoms. The third-order valence-electron chi connectivity index (χ3n) is 2.55. The monoisotopic (exact) mass is 239 g/mol. The molecule has 3 nitrogen and oxygen atoms in total. The van der Waals surface area contributed by atoms with E-state index in [2.05, 4.69) is 6.07 Å². The number of nitriles is 1. The molecule has 0 aliphatic rings. The highest BCUT2D eigenvalue weighted by Crippen LogP contribution is 2.41. The van der Waals surface area contributed by atoms with E-state index in [9.17, 15) is 5.11 Å². The van der Waals surface area contributed by atoms with Crippen LogP contribution in [0.3, 0.4) is 0 Å². The van der Waals surface area contributed by atoms with E-state index in [1.165, 1.54) is 7.11 Å². The van der Waals surface area contributed by atoms with Gasteiger partial charge in [-0.15, -0.1) is 0 Å². The highest BCUT2D eigenvalue weighted by Gasteiger charge is 2.19. The zero-order valence-corrected chi connectivity index (χ0v) is 10.3. The van der Waals surface area contributed by atoms with Gasteiger partial charge in [-0.05, 0) is 25.0 Å². The number of ether oxygens (including phenoxy) is 1. The first-order valence-corrected chi connectivity index (χ1v) is 5.42. The molecule has 1 aromatic rings. The maximum atomic E-state index is 9.87. The van der Waals surface area contributed by atoms with Crippen LogP contribution in [-0.4, -0.2) is 12.2 Å². The topological polar surface area (TPSA) is 53.2 Å². The molecule has 0 aromatic heterocycles. The fourth-order valence-corrected chi connectivity index (χ4v) is 1.89. The second-order valence-electron chi connectivity index (χ2n) is 3.53. The molecule has 1 atom stereocenters. The largest absolute Gasteiger partial charge is 0.506 e. The zero-order valence-electron chi connectivity index (χ0n) is 9.54. The van der Waals surface area contributed by atoms with E-state index in [1.54, 1.807) is 13.0 Å². The van der Waals surface area contributed by atoms with Gasteiger partial charge in [0.05, 0.1) is 19.1 Å². The molecule has 0 aliphatic heterocycles. The third kappa shape index (κ3) is 2.07. The third-order valence-corrected chi connectivity index (χ3v) is 2.90. The number of phenolic OH excluding ortho intramolecular Hbond substituents is 1. The smallest absolute Gasteiger partial charge is 0.144 e. The van der Waals surface area contributed by atoms with Crippen LogP contribution in [0.5, 0.6) is 11.5 Å². The van der Waals surface area contributed by atoms with Crippen molar-refractivity contribution in [3.63, 3.8) is 0 Å². The fourth-order valence-electron chi connectivity index (χ4n) is 1.58. The average molecular weight is 240 g/mol. The van der Waals surface area contributed by atoms with Gasteiger partial charge in [0.1, 0.15) is 16.5 Å². The van der Waals surface area contributed by atoms with Gasteiger partial charge in [-0.2, -0.15) is 5.26 Å². The van der Waals surface area contributed by atoms with Crippen molar-refractivity contribution in [3.05, 3.63) is 22.2 Å². The van der Waals surface area contributed by atoms with E-state index < -0.39 is 5.92 Å². The number of aryl methyl sites for hydroxylation is 1. The summed E-state index contributed by atoms with van der Waals surface area (Å²) in [5.41, 5.74) is 1.44. The molecule has 16 heavy (non-hydrogen) atoms. The molecule has 1 unspecified atom stereocenters. The van der Waals surface area contributed by atoms with Gasteiger partial charge < -0.3 is 9.84 Å². The number of hydrogen-bond donors (Lipinski definition) is 1. The van der Waals surface area contributed by atoms with Crippen molar-refractivity contribution < 1.29 is 9.84 Å². The fraction of sp³-hybridized carbons (Fsp3) is 0.417. The lowest BCUT2D eigenvalue weighted by atomic mass is 9.97. The number of nitrogens with zero attached hydrogens (tertiary/aromatic N) is 1. The van der Waals surface area contributed by atoms with Crippen molar-refractivity contribution in [2.75, 3.05) is 7.11 Å². The molecule has 0 radical (unpaired) electrons. The van der Waals surface area contributed by atoms with Crippen molar-refractivity contribution in [2.24, 2.45) is 0 Å². The molecular weight excluding hydrogens is 226 g/mol. The van der Waals surface area contributed by atoms with E-state index in [-0.39, 0.29) is 10.8 Å². The highest BCUT2D eigenvalue weighted by atomic mass is 35.5. The minimum atomic E-state index is -0.395. The van der Waals surface area contributed by atoms with Gasteiger partial charge >= 0.3 is 0 Å². The van der Waals surface area contributed by atoms with Crippen molar-refractivity contribution in [1.82, 2.24) is 0 Å². The summed E-state index contributed by atoms with van der Waals surface area (Å²) in [5, 5.41) is 18.9. The van der Waals surface area contributed by atoms with Crippen molar-refractivity contribution >= 4 is 11.6 Å². The Morgan fingerprint density at radius 2 is 2.25 bits per heavy atom. The van der Waals surface area contributed by atoms with Crippen molar-refractivity contribution in [3.8, 4) is 17.6 Å². The Balaban J connectivity index is 3.45. The van der Waals surface area contributed by atoms with E-state index >= 15 is 0 Å². The van der Waals surface area contributed by atoms with Crippen LogP contribution in [0.1, 0.15) is 30.9 Å². The lowest BCUT2D eigenvalue weighted by molar-refractivity contribution is 0.402. The maximum absolute atomic E-state index is 9.87. The van der Waals surface area contributed by atoms with Crippen LogP contribution in [-0.2, 0) is 6.42 Å². The molecule has 1 N–H and O–H groups in total. The molecular formula is C12H14ClNO2. The molecule has 0 heterocycles. The first kappa shape index (κ1) is 12.7. The van der Waals surface area contributed by atoms with Gasteiger partial charge in [-0.3, -0.25) is 0 Å². The minimum Gasteiger partial charge on any atom is -0.506 e. The normalized spacial score (nSPS) is 11.9. The summed E-state index contributed by atoms with van der Waals surface area (Å²) in [7, 11) is 1.51. The highest BCUT2D eigenvalue weighted by molar-refractivity contribution is 6.33. The Kier molecular flexibility index (Phi) is 4.03. The van der Waals surface area contributed by atoms with Crippen molar-refractivity contribution in [1.29, 1.82) is 5.26 Å². The quantitative estimate of drug-likeness (QED) is 0.881. The Morgan fingerprint density at radius 1 is 1.62 bits per heavy atom. The Labute approximate surface area is 100 Å².